The maximum atomic E-state index is 11.7. The molecule has 104 valence electrons. The lowest BCUT2D eigenvalue weighted by atomic mass is 9.90. The fourth-order valence-corrected chi connectivity index (χ4v) is 2.62. The molecule has 4 heteroatoms. The van der Waals surface area contributed by atoms with E-state index in [9.17, 15) is 4.79 Å². The van der Waals surface area contributed by atoms with E-state index >= 15 is 0 Å². The number of hydrogen-bond acceptors (Lipinski definition) is 2. The van der Waals surface area contributed by atoms with Gasteiger partial charge in [-0.25, -0.2) is 4.79 Å². The zero-order valence-corrected chi connectivity index (χ0v) is 12.6. The van der Waals surface area contributed by atoms with Crippen LogP contribution in [0, 0.1) is 11.8 Å². The summed E-state index contributed by atoms with van der Waals surface area (Å²) < 4.78 is 6.89. The number of oxazole rings is 1. The summed E-state index contributed by atoms with van der Waals surface area (Å²) in [5.41, 5.74) is 2.45. The topological polar surface area (TPSA) is 35.1 Å². The minimum Gasteiger partial charge on any atom is -0.408 e. The van der Waals surface area contributed by atoms with Crippen molar-refractivity contribution in [2.24, 2.45) is 11.8 Å². The van der Waals surface area contributed by atoms with Crippen LogP contribution in [0.25, 0.3) is 11.1 Å². The van der Waals surface area contributed by atoms with E-state index in [0.717, 1.165) is 11.1 Å². The van der Waals surface area contributed by atoms with Crippen molar-refractivity contribution in [3.05, 3.63) is 34.3 Å². The Labute approximate surface area is 118 Å². The molecule has 0 N–H and O–H groups in total. The summed E-state index contributed by atoms with van der Waals surface area (Å²) in [6.07, 6.45) is 0. The van der Waals surface area contributed by atoms with Crippen LogP contribution < -0.4 is 5.76 Å². The highest BCUT2D eigenvalue weighted by Gasteiger charge is 2.21. The summed E-state index contributed by atoms with van der Waals surface area (Å²) in [5.74, 6) is 0.558. The molecule has 3 nitrogen and oxygen atoms in total. The van der Waals surface area contributed by atoms with Gasteiger partial charge in [0.05, 0.1) is 10.9 Å². The van der Waals surface area contributed by atoms with Crippen molar-refractivity contribution in [3.8, 4) is 0 Å². The van der Waals surface area contributed by atoms with E-state index < -0.39 is 0 Å². The fourth-order valence-electron chi connectivity index (χ4n) is 2.20. The third-order valence-corrected chi connectivity index (χ3v) is 4.49. The Bertz CT molecular complexity index is 627. The molecular formula is C15H20ClNO2. The quantitative estimate of drug-likeness (QED) is 0.788. The predicted octanol–water partition coefficient (Wildman–Crippen LogP) is 4.19. The van der Waals surface area contributed by atoms with Gasteiger partial charge in [-0.15, -0.1) is 11.6 Å². The third-order valence-electron chi connectivity index (χ3n) is 3.84. The summed E-state index contributed by atoms with van der Waals surface area (Å²) in [5, 5.41) is -0.0697. The maximum Gasteiger partial charge on any atom is 0.419 e. The predicted molar refractivity (Wildman–Crippen MR) is 78.7 cm³/mol. The van der Waals surface area contributed by atoms with Crippen LogP contribution in [-0.4, -0.2) is 4.57 Å². The molecule has 1 heterocycles. The van der Waals surface area contributed by atoms with Gasteiger partial charge in [0.15, 0.2) is 5.58 Å². The molecule has 2 rings (SSSR count). The number of nitrogens with zero attached hydrogens (tertiary/aromatic N) is 1. The molecular weight excluding hydrogens is 262 g/mol. The number of rotatable bonds is 4. The number of aryl methyl sites for hydroxylation is 1. The zero-order chi connectivity index (χ0) is 14.2. The molecule has 0 aliphatic rings. The van der Waals surface area contributed by atoms with E-state index in [0.29, 0.717) is 24.0 Å². The first-order chi connectivity index (χ1) is 8.95. The smallest absolute Gasteiger partial charge is 0.408 e. The largest absolute Gasteiger partial charge is 0.419 e. The lowest BCUT2D eigenvalue weighted by Crippen LogP contribution is -2.12. The van der Waals surface area contributed by atoms with Gasteiger partial charge in [-0.05, 0) is 36.5 Å². The highest BCUT2D eigenvalue weighted by atomic mass is 35.5. The molecule has 0 fully saturated rings. The number of alkyl halides is 1. The monoisotopic (exact) mass is 281 g/mol. The zero-order valence-electron chi connectivity index (χ0n) is 11.8. The molecule has 0 radical (unpaired) electrons. The highest BCUT2D eigenvalue weighted by Crippen LogP contribution is 2.34. The molecule has 0 aliphatic carbocycles. The number of fused-ring (bicyclic) bond motifs is 1. The first-order valence-corrected chi connectivity index (χ1v) is 7.16. The van der Waals surface area contributed by atoms with Gasteiger partial charge in [-0.3, -0.25) is 4.57 Å². The Morgan fingerprint density at radius 2 is 2.00 bits per heavy atom. The minimum absolute atomic E-state index is 0.0697. The SMILES string of the molecule is CCn1c(=O)oc2cc(C(Cl)C(C)C(C)C)ccc21. The minimum atomic E-state index is -0.308. The van der Waals surface area contributed by atoms with Crippen LogP contribution in [0.2, 0.25) is 0 Å². The molecule has 0 bridgehead atoms. The van der Waals surface area contributed by atoms with Gasteiger partial charge in [0.2, 0.25) is 0 Å². The van der Waals surface area contributed by atoms with E-state index in [-0.39, 0.29) is 11.1 Å². The summed E-state index contributed by atoms with van der Waals surface area (Å²) >= 11 is 6.51. The number of benzene rings is 1. The fraction of sp³-hybridized carbons (Fsp3) is 0.533. The average molecular weight is 282 g/mol. The van der Waals surface area contributed by atoms with Crippen molar-refractivity contribution in [3.63, 3.8) is 0 Å². The normalized spacial score (nSPS) is 15.1. The van der Waals surface area contributed by atoms with Crippen LogP contribution in [0.1, 0.15) is 38.6 Å². The molecule has 2 atom stereocenters. The summed E-state index contributed by atoms with van der Waals surface area (Å²) in [7, 11) is 0. The third kappa shape index (κ3) is 2.57. The molecule has 0 saturated heterocycles. The van der Waals surface area contributed by atoms with E-state index in [1.807, 2.05) is 25.1 Å². The second kappa shape index (κ2) is 5.41. The molecule has 19 heavy (non-hydrogen) atoms. The average Bonchev–Trinajstić information content (AvgIpc) is 2.70. The van der Waals surface area contributed by atoms with E-state index in [4.69, 9.17) is 16.0 Å². The Morgan fingerprint density at radius 3 is 2.58 bits per heavy atom. The Morgan fingerprint density at radius 1 is 1.32 bits per heavy atom. The Balaban J connectivity index is 2.45. The highest BCUT2D eigenvalue weighted by molar-refractivity contribution is 6.21. The molecule has 1 aromatic carbocycles. The Hall–Kier alpha value is -1.22. The van der Waals surface area contributed by atoms with Crippen LogP contribution in [0.5, 0.6) is 0 Å². The summed E-state index contributed by atoms with van der Waals surface area (Å²) in [6, 6.07) is 5.79. The lowest BCUT2D eigenvalue weighted by molar-refractivity contribution is 0.406. The van der Waals surface area contributed by atoms with Crippen molar-refractivity contribution in [1.29, 1.82) is 0 Å². The van der Waals surface area contributed by atoms with Crippen LogP contribution in [0.4, 0.5) is 0 Å². The van der Waals surface area contributed by atoms with E-state index in [1.54, 1.807) is 4.57 Å². The second-order valence-electron chi connectivity index (χ2n) is 5.34. The number of aromatic nitrogens is 1. The van der Waals surface area contributed by atoms with Gasteiger partial charge in [-0.2, -0.15) is 0 Å². The molecule has 0 spiro atoms. The van der Waals surface area contributed by atoms with Gasteiger partial charge < -0.3 is 4.42 Å². The van der Waals surface area contributed by atoms with Crippen molar-refractivity contribution < 1.29 is 4.42 Å². The van der Waals surface area contributed by atoms with E-state index in [1.165, 1.54) is 0 Å². The molecule has 0 saturated carbocycles. The first-order valence-electron chi connectivity index (χ1n) is 6.73. The van der Waals surface area contributed by atoms with Gasteiger partial charge in [0, 0.05) is 6.54 Å². The van der Waals surface area contributed by atoms with Gasteiger partial charge in [0.25, 0.3) is 0 Å². The van der Waals surface area contributed by atoms with Gasteiger partial charge in [-0.1, -0.05) is 26.8 Å². The number of halogens is 1. The van der Waals surface area contributed by atoms with Crippen LogP contribution in [0.3, 0.4) is 0 Å². The van der Waals surface area contributed by atoms with Crippen molar-refractivity contribution in [2.45, 2.75) is 39.6 Å². The van der Waals surface area contributed by atoms with Crippen molar-refractivity contribution >= 4 is 22.7 Å². The van der Waals surface area contributed by atoms with E-state index in [2.05, 4.69) is 20.8 Å². The molecule has 2 unspecified atom stereocenters. The molecule has 2 aromatic rings. The second-order valence-corrected chi connectivity index (χ2v) is 5.81. The van der Waals surface area contributed by atoms with Gasteiger partial charge >= 0.3 is 5.76 Å². The lowest BCUT2D eigenvalue weighted by Gasteiger charge is -2.21. The van der Waals surface area contributed by atoms with Crippen molar-refractivity contribution in [2.75, 3.05) is 0 Å². The standard InChI is InChI=1S/C15H20ClNO2/c1-5-17-12-7-6-11(8-13(12)19-15(17)18)14(16)10(4)9(2)3/h6-10,14H,5H2,1-4H3. The molecule has 0 amide bonds. The summed E-state index contributed by atoms with van der Waals surface area (Å²) in [4.78, 5) is 11.7. The van der Waals surface area contributed by atoms with Crippen molar-refractivity contribution in [1.82, 2.24) is 4.57 Å². The first kappa shape index (κ1) is 14.2. The molecule has 1 aromatic heterocycles. The Kier molecular flexibility index (Phi) is 4.04. The summed E-state index contributed by atoms with van der Waals surface area (Å²) in [6.45, 7) is 8.99. The van der Waals surface area contributed by atoms with Crippen LogP contribution >= 0.6 is 11.6 Å². The van der Waals surface area contributed by atoms with Crippen LogP contribution in [-0.2, 0) is 6.54 Å². The van der Waals surface area contributed by atoms with Gasteiger partial charge in [0.1, 0.15) is 0 Å². The van der Waals surface area contributed by atoms with Crippen LogP contribution in [0.15, 0.2) is 27.4 Å². The molecule has 0 aliphatic heterocycles. The maximum absolute atomic E-state index is 11.7. The number of hydrogen-bond donors (Lipinski definition) is 0.